The number of nitrogens with one attached hydrogen (secondary N) is 2. The molecule has 2 aliphatic heterocycles. The van der Waals surface area contributed by atoms with Crippen LogP contribution in [0.3, 0.4) is 0 Å². The minimum absolute atomic E-state index is 0.0619. The molecule has 4 aromatic rings. The number of cyclic esters (lactones) is 2. The number of aromatic nitrogens is 2. The van der Waals surface area contributed by atoms with Crippen LogP contribution >= 0.6 is 0 Å². The summed E-state index contributed by atoms with van der Waals surface area (Å²) in [6.45, 7) is 11.3. The second kappa shape index (κ2) is 27.5. The van der Waals surface area contributed by atoms with Crippen molar-refractivity contribution in [2.45, 2.75) is 117 Å². The highest BCUT2D eigenvalue weighted by molar-refractivity contribution is 5.99. The first-order valence-corrected chi connectivity index (χ1v) is 25.1. The fourth-order valence-electron chi connectivity index (χ4n) is 9.08. The summed E-state index contributed by atoms with van der Waals surface area (Å²) in [6, 6.07) is 18.0. The number of carbonyl (C=O) groups is 5. The fraction of sp³-hybridized carbons (Fsp3) is 0.509. The summed E-state index contributed by atoms with van der Waals surface area (Å²) in [5, 5.41) is 15.8. The van der Waals surface area contributed by atoms with Crippen molar-refractivity contribution in [2.75, 3.05) is 40.6 Å². The highest BCUT2D eigenvalue weighted by atomic mass is 16.6. The van der Waals surface area contributed by atoms with Gasteiger partial charge in [0.05, 0.1) is 53.4 Å². The van der Waals surface area contributed by atoms with E-state index in [4.69, 9.17) is 42.6 Å². The third kappa shape index (κ3) is 15.8. The predicted octanol–water partition coefficient (Wildman–Crippen LogP) is 6.61. The van der Waals surface area contributed by atoms with Crippen molar-refractivity contribution < 1.29 is 71.7 Å². The standard InChI is InChI=1S/C55H70N4O15/c1-32(2)17-19-40-34(4)71-54(64)42(58-52(62)48-50(61)44(66-7)21-23-56-48)28-68-30-46(40)70-27-38-14-12-13-37(26-38)25-33(3)18-20-41-35(5)72-55(65)43(29-69-31-47(41)74-39-15-10-9-11-16-39)59-53(63)49-51(73-36(6)60)45(67-8)22-24-57-49/h9-16,21-24,26,32-35,40-43,46-47,61H,17-20,25,27-31H2,1-8H3,(H,58,62)(H,59,63). The highest BCUT2D eigenvalue weighted by Gasteiger charge is 2.38. The zero-order valence-corrected chi connectivity index (χ0v) is 43.4. The predicted molar refractivity (Wildman–Crippen MR) is 269 cm³/mol. The molecule has 4 heterocycles. The Hall–Kier alpha value is -6.83. The molecule has 0 spiro atoms. The number of para-hydroxylation sites is 1. The molecule has 9 unspecified atom stereocenters. The lowest BCUT2D eigenvalue weighted by Gasteiger charge is -2.32. The molecule has 19 heteroatoms. The van der Waals surface area contributed by atoms with Crippen LogP contribution in [0.1, 0.15) is 99.3 Å². The van der Waals surface area contributed by atoms with Gasteiger partial charge >= 0.3 is 17.9 Å². The Bertz CT molecular complexity index is 2510. The van der Waals surface area contributed by atoms with Crippen molar-refractivity contribution in [3.8, 4) is 28.7 Å². The van der Waals surface area contributed by atoms with E-state index >= 15 is 0 Å². The van der Waals surface area contributed by atoms with Crippen molar-refractivity contribution in [1.82, 2.24) is 20.6 Å². The smallest absolute Gasteiger partial charge is 0.331 e. The van der Waals surface area contributed by atoms with E-state index in [9.17, 15) is 29.1 Å². The number of carbonyl (C=O) groups excluding carboxylic acids is 5. The maximum Gasteiger partial charge on any atom is 0.331 e. The van der Waals surface area contributed by atoms with Crippen LogP contribution in [0, 0.1) is 23.7 Å². The van der Waals surface area contributed by atoms with Crippen LogP contribution < -0.4 is 29.6 Å². The Morgan fingerprint density at radius 1 is 0.716 bits per heavy atom. The van der Waals surface area contributed by atoms with Gasteiger partial charge in [-0.05, 0) is 74.6 Å². The van der Waals surface area contributed by atoms with Crippen LogP contribution in [0.15, 0.2) is 79.1 Å². The third-order valence-corrected chi connectivity index (χ3v) is 13.1. The molecule has 400 valence electrons. The van der Waals surface area contributed by atoms with Crippen molar-refractivity contribution in [3.05, 3.63) is 102 Å². The van der Waals surface area contributed by atoms with Gasteiger partial charge < -0.3 is 58.4 Å². The first-order chi connectivity index (χ1) is 35.5. The minimum atomic E-state index is -1.22. The molecule has 3 N–H and O–H groups in total. The number of hydrogen-bond donors (Lipinski definition) is 3. The van der Waals surface area contributed by atoms with Gasteiger partial charge in [0.1, 0.15) is 24.1 Å². The fourth-order valence-corrected chi connectivity index (χ4v) is 9.08. The summed E-state index contributed by atoms with van der Waals surface area (Å²) < 4.78 is 53.1. The number of amides is 2. The molecule has 0 aliphatic carbocycles. The van der Waals surface area contributed by atoms with Crippen molar-refractivity contribution in [3.63, 3.8) is 0 Å². The Kier molecular flexibility index (Phi) is 21.0. The van der Waals surface area contributed by atoms with E-state index in [0.717, 1.165) is 30.4 Å². The summed E-state index contributed by atoms with van der Waals surface area (Å²) in [6.07, 6.45) is 4.11. The molecule has 0 saturated carbocycles. The van der Waals surface area contributed by atoms with E-state index in [-0.39, 0.29) is 79.4 Å². The topological polar surface area (TPSA) is 238 Å². The molecule has 6 rings (SSSR count). The van der Waals surface area contributed by atoms with E-state index in [1.807, 2.05) is 56.3 Å². The molecule has 9 atom stereocenters. The average Bonchev–Trinajstić information content (AvgIpc) is 3.45. The van der Waals surface area contributed by atoms with Crippen LogP contribution in [0.5, 0.6) is 28.7 Å². The summed E-state index contributed by atoms with van der Waals surface area (Å²) in [7, 11) is 2.72. The first-order valence-electron chi connectivity index (χ1n) is 25.1. The second-order valence-corrected chi connectivity index (χ2v) is 19.2. The molecule has 0 bridgehead atoms. The number of ether oxygens (including phenoxy) is 9. The van der Waals surface area contributed by atoms with Crippen molar-refractivity contribution >= 4 is 29.7 Å². The maximum absolute atomic E-state index is 13.8. The Labute approximate surface area is 432 Å². The van der Waals surface area contributed by atoms with Gasteiger partial charge in [0.15, 0.2) is 40.7 Å². The summed E-state index contributed by atoms with van der Waals surface area (Å²) in [5.41, 5.74) is 1.50. The number of esters is 3. The van der Waals surface area contributed by atoms with Gasteiger partial charge in [0, 0.05) is 43.3 Å². The molecular weight excluding hydrogens is 957 g/mol. The van der Waals surface area contributed by atoms with Gasteiger partial charge in [-0.25, -0.2) is 19.6 Å². The van der Waals surface area contributed by atoms with E-state index in [2.05, 4.69) is 53.5 Å². The quantitative estimate of drug-likeness (QED) is 0.0790. The van der Waals surface area contributed by atoms with Crippen LogP contribution in [-0.4, -0.2) is 122 Å². The van der Waals surface area contributed by atoms with Gasteiger partial charge in [0.25, 0.3) is 11.8 Å². The SMILES string of the molecule is COc1ccnc(C(=O)NC2COCC(OCc3cccc(CC(C)CCC4C(C)OC(=O)C(NC(=O)c5nccc(OC)c5OC(C)=O)COCC4Oc4ccccc4)c3)C(CCC(C)C)C(C)OC2=O)c1O. The second-order valence-electron chi connectivity index (χ2n) is 19.2. The molecular formula is C55H70N4O15. The number of pyridine rings is 2. The Morgan fingerprint density at radius 2 is 1.28 bits per heavy atom. The lowest BCUT2D eigenvalue weighted by molar-refractivity contribution is -0.156. The van der Waals surface area contributed by atoms with Crippen molar-refractivity contribution in [2.24, 2.45) is 23.7 Å². The molecule has 19 nitrogen and oxygen atoms in total. The normalized spacial score (nSPS) is 22.9. The zero-order chi connectivity index (χ0) is 53.3. The molecule has 2 aliphatic rings. The van der Waals surface area contributed by atoms with Gasteiger partial charge in [-0.15, -0.1) is 0 Å². The van der Waals surface area contributed by atoms with Crippen LogP contribution in [-0.2, 0) is 51.1 Å². The Morgan fingerprint density at radius 3 is 1.91 bits per heavy atom. The van der Waals surface area contributed by atoms with Gasteiger partial charge in [-0.2, -0.15) is 0 Å². The molecule has 2 amide bonds. The zero-order valence-electron chi connectivity index (χ0n) is 43.4. The summed E-state index contributed by atoms with van der Waals surface area (Å²) in [4.78, 5) is 74.0. The maximum atomic E-state index is 13.8. The van der Waals surface area contributed by atoms with Gasteiger partial charge in [0.2, 0.25) is 5.75 Å². The number of methoxy groups -OCH3 is 2. The summed E-state index contributed by atoms with van der Waals surface area (Å²) in [5.74, 6) is -3.44. The number of rotatable bonds is 20. The molecule has 2 aromatic carbocycles. The monoisotopic (exact) mass is 1030 g/mol. The lowest BCUT2D eigenvalue weighted by Crippen LogP contribution is -2.46. The first kappa shape index (κ1) is 56.5. The Balaban J connectivity index is 1.10. The number of nitrogens with zero attached hydrogens (tertiary/aromatic N) is 2. The van der Waals surface area contributed by atoms with Gasteiger partial charge in [-0.3, -0.25) is 14.4 Å². The molecule has 0 radical (unpaired) electrons. The summed E-state index contributed by atoms with van der Waals surface area (Å²) >= 11 is 0. The average molecular weight is 1030 g/mol. The van der Waals surface area contributed by atoms with Crippen LogP contribution in [0.2, 0.25) is 0 Å². The van der Waals surface area contributed by atoms with E-state index in [0.29, 0.717) is 24.5 Å². The van der Waals surface area contributed by atoms with Gasteiger partial charge in [-0.1, -0.05) is 69.7 Å². The van der Waals surface area contributed by atoms with E-state index in [1.54, 1.807) is 0 Å². The minimum Gasteiger partial charge on any atom is -0.503 e. The number of benzene rings is 2. The number of aromatic hydroxyl groups is 1. The van der Waals surface area contributed by atoms with Crippen LogP contribution in [0.25, 0.3) is 0 Å². The highest BCUT2D eigenvalue weighted by Crippen LogP contribution is 2.33. The molecule has 2 fully saturated rings. The van der Waals surface area contributed by atoms with Crippen molar-refractivity contribution in [1.29, 1.82) is 0 Å². The number of hydrogen-bond acceptors (Lipinski definition) is 17. The largest absolute Gasteiger partial charge is 0.503 e. The van der Waals surface area contributed by atoms with Crippen LogP contribution in [0.4, 0.5) is 0 Å². The molecule has 2 aromatic heterocycles. The third-order valence-electron chi connectivity index (χ3n) is 13.1. The molecule has 74 heavy (non-hydrogen) atoms. The molecule has 2 saturated heterocycles. The van der Waals surface area contributed by atoms with E-state index < -0.39 is 72.0 Å². The van der Waals surface area contributed by atoms with E-state index in [1.165, 1.54) is 45.7 Å². The lowest BCUT2D eigenvalue weighted by atomic mass is 9.86.